The van der Waals surface area contributed by atoms with E-state index in [1.165, 1.54) is 18.2 Å². The van der Waals surface area contributed by atoms with Gasteiger partial charge in [-0.1, -0.05) is 12.1 Å². The Morgan fingerprint density at radius 2 is 1.90 bits per heavy atom. The van der Waals surface area contributed by atoms with Gasteiger partial charge in [-0.05, 0) is 42.8 Å². The Morgan fingerprint density at radius 1 is 1.19 bits per heavy atom. The molecule has 0 bridgehead atoms. The highest BCUT2D eigenvalue weighted by molar-refractivity contribution is 5.91. The Balaban J connectivity index is 1.86. The second-order valence-corrected chi connectivity index (χ2v) is 4.50. The van der Waals surface area contributed by atoms with E-state index in [0.717, 1.165) is 11.3 Å². The molecule has 5 nitrogen and oxygen atoms in total. The van der Waals surface area contributed by atoms with Crippen LogP contribution in [-0.4, -0.2) is 17.0 Å². The molecule has 0 aliphatic heterocycles. The average molecular weight is 285 g/mol. The largest absolute Gasteiger partial charge is 0.478 e. The van der Waals surface area contributed by atoms with Crippen LogP contribution in [0.2, 0.25) is 0 Å². The van der Waals surface area contributed by atoms with E-state index < -0.39 is 5.97 Å². The molecule has 21 heavy (non-hydrogen) atoms. The first kappa shape index (κ1) is 14.6. The molecule has 0 saturated heterocycles. The molecule has 1 aromatic heterocycles. The van der Waals surface area contributed by atoms with Crippen LogP contribution in [0, 0.1) is 6.92 Å². The Labute approximate surface area is 121 Å². The van der Waals surface area contributed by atoms with Gasteiger partial charge in [0.25, 0.3) is 0 Å². The van der Waals surface area contributed by atoms with Crippen molar-refractivity contribution in [2.45, 2.75) is 13.5 Å². The minimum atomic E-state index is -0.970. The standard InChI is InChI=1S/C16H15NO4/c1-11-2-7-14(21-11)8-9-15(18)17-10-12-3-5-13(6-4-12)16(19)20/h2-9H,10H2,1H3,(H,17,18)(H,19,20)/b9-8+. The van der Waals surface area contributed by atoms with Crippen molar-refractivity contribution < 1.29 is 19.1 Å². The van der Waals surface area contributed by atoms with Gasteiger partial charge in [0.15, 0.2) is 0 Å². The second kappa shape index (κ2) is 6.56. The minimum Gasteiger partial charge on any atom is -0.478 e. The normalized spacial score (nSPS) is 10.7. The topological polar surface area (TPSA) is 79.5 Å². The van der Waals surface area contributed by atoms with Gasteiger partial charge in [0.05, 0.1) is 5.56 Å². The number of hydrogen-bond acceptors (Lipinski definition) is 3. The van der Waals surface area contributed by atoms with Crippen molar-refractivity contribution in [1.82, 2.24) is 5.32 Å². The van der Waals surface area contributed by atoms with E-state index in [1.54, 1.807) is 24.3 Å². The Kier molecular flexibility index (Phi) is 4.56. The lowest BCUT2D eigenvalue weighted by Crippen LogP contribution is -2.20. The van der Waals surface area contributed by atoms with E-state index >= 15 is 0 Å². The Morgan fingerprint density at radius 3 is 2.48 bits per heavy atom. The smallest absolute Gasteiger partial charge is 0.335 e. The molecule has 0 unspecified atom stereocenters. The fourth-order valence-electron chi connectivity index (χ4n) is 1.71. The van der Waals surface area contributed by atoms with Crippen molar-refractivity contribution in [3.63, 3.8) is 0 Å². The van der Waals surface area contributed by atoms with Crippen LogP contribution in [0.5, 0.6) is 0 Å². The first-order valence-corrected chi connectivity index (χ1v) is 6.39. The van der Waals surface area contributed by atoms with Crippen molar-refractivity contribution in [2.24, 2.45) is 0 Å². The molecular formula is C16H15NO4. The third-order valence-corrected chi connectivity index (χ3v) is 2.83. The molecule has 5 heteroatoms. The number of carboxylic acids is 1. The summed E-state index contributed by atoms with van der Waals surface area (Å²) < 4.78 is 5.31. The molecule has 1 amide bonds. The number of carbonyl (C=O) groups excluding carboxylic acids is 1. The molecule has 0 radical (unpaired) electrons. The zero-order valence-electron chi connectivity index (χ0n) is 11.5. The third-order valence-electron chi connectivity index (χ3n) is 2.83. The fourth-order valence-corrected chi connectivity index (χ4v) is 1.71. The third kappa shape index (κ3) is 4.35. The monoisotopic (exact) mass is 285 g/mol. The van der Waals surface area contributed by atoms with Gasteiger partial charge in [0.2, 0.25) is 5.91 Å². The van der Waals surface area contributed by atoms with Crippen molar-refractivity contribution >= 4 is 18.0 Å². The number of benzene rings is 1. The number of nitrogens with one attached hydrogen (secondary N) is 1. The maximum absolute atomic E-state index is 11.6. The lowest BCUT2D eigenvalue weighted by Gasteiger charge is -2.03. The van der Waals surface area contributed by atoms with Gasteiger partial charge < -0.3 is 14.8 Å². The van der Waals surface area contributed by atoms with Gasteiger partial charge in [-0.25, -0.2) is 4.79 Å². The molecule has 2 aromatic rings. The summed E-state index contributed by atoms with van der Waals surface area (Å²) in [7, 11) is 0. The number of aryl methyl sites for hydroxylation is 1. The Hall–Kier alpha value is -2.82. The van der Waals surface area contributed by atoms with Gasteiger partial charge in [0.1, 0.15) is 11.5 Å². The van der Waals surface area contributed by atoms with E-state index in [1.807, 2.05) is 13.0 Å². The van der Waals surface area contributed by atoms with Crippen LogP contribution in [0.15, 0.2) is 46.9 Å². The molecule has 2 N–H and O–H groups in total. The van der Waals surface area contributed by atoms with Gasteiger partial charge in [0, 0.05) is 12.6 Å². The van der Waals surface area contributed by atoms with Crippen LogP contribution >= 0.6 is 0 Å². The van der Waals surface area contributed by atoms with Crippen LogP contribution in [0.25, 0.3) is 6.08 Å². The minimum absolute atomic E-state index is 0.221. The van der Waals surface area contributed by atoms with E-state index in [9.17, 15) is 9.59 Å². The van der Waals surface area contributed by atoms with Gasteiger partial charge >= 0.3 is 5.97 Å². The zero-order chi connectivity index (χ0) is 15.2. The zero-order valence-corrected chi connectivity index (χ0v) is 11.5. The van der Waals surface area contributed by atoms with E-state index in [-0.39, 0.29) is 11.5 Å². The first-order valence-electron chi connectivity index (χ1n) is 6.39. The maximum Gasteiger partial charge on any atom is 0.335 e. The van der Waals surface area contributed by atoms with E-state index in [0.29, 0.717) is 12.3 Å². The molecule has 2 rings (SSSR count). The quantitative estimate of drug-likeness (QED) is 0.828. The fraction of sp³-hybridized carbons (Fsp3) is 0.125. The summed E-state index contributed by atoms with van der Waals surface area (Å²) in [4.78, 5) is 22.4. The highest BCUT2D eigenvalue weighted by Crippen LogP contribution is 2.08. The summed E-state index contributed by atoms with van der Waals surface area (Å²) in [6, 6.07) is 9.95. The van der Waals surface area contributed by atoms with E-state index in [2.05, 4.69) is 5.32 Å². The number of amides is 1. The van der Waals surface area contributed by atoms with Crippen molar-refractivity contribution in [3.05, 3.63) is 65.1 Å². The Bertz CT molecular complexity index is 668. The molecule has 108 valence electrons. The number of carboxylic acid groups (broad SMARTS) is 1. The first-order chi connectivity index (χ1) is 10.0. The lowest BCUT2D eigenvalue weighted by molar-refractivity contribution is -0.116. The molecular weight excluding hydrogens is 270 g/mol. The van der Waals surface area contributed by atoms with Crippen LogP contribution in [0.3, 0.4) is 0 Å². The molecule has 0 atom stereocenters. The predicted molar refractivity (Wildman–Crippen MR) is 77.7 cm³/mol. The van der Waals surface area contributed by atoms with Crippen LogP contribution in [-0.2, 0) is 11.3 Å². The summed E-state index contributed by atoms with van der Waals surface area (Å²) in [5, 5.41) is 11.5. The highest BCUT2D eigenvalue weighted by Gasteiger charge is 2.02. The number of rotatable bonds is 5. The second-order valence-electron chi connectivity index (χ2n) is 4.50. The SMILES string of the molecule is Cc1ccc(/C=C/C(=O)NCc2ccc(C(=O)O)cc2)o1. The van der Waals surface area contributed by atoms with Crippen LogP contribution in [0.4, 0.5) is 0 Å². The molecule has 1 heterocycles. The average Bonchev–Trinajstić information content (AvgIpc) is 2.89. The summed E-state index contributed by atoms with van der Waals surface area (Å²) in [5.41, 5.74) is 1.05. The number of hydrogen-bond donors (Lipinski definition) is 2. The molecule has 0 aliphatic rings. The summed E-state index contributed by atoms with van der Waals surface area (Å²) in [5.74, 6) is 0.190. The predicted octanol–water partition coefficient (Wildman–Crippen LogP) is 2.62. The van der Waals surface area contributed by atoms with Crippen molar-refractivity contribution in [3.8, 4) is 0 Å². The van der Waals surface area contributed by atoms with Gasteiger partial charge in [-0.2, -0.15) is 0 Å². The van der Waals surface area contributed by atoms with E-state index in [4.69, 9.17) is 9.52 Å². The van der Waals surface area contributed by atoms with Gasteiger partial charge in [-0.15, -0.1) is 0 Å². The number of furan rings is 1. The number of carbonyl (C=O) groups is 2. The van der Waals surface area contributed by atoms with Crippen molar-refractivity contribution in [1.29, 1.82) is 0 Å². The summed E-state index contributed by atoms with van der Waals surface area (Å²) in [6.07, 6.45) is 2.99. The number of aromatic carboxylic acids is 1. The van der Waals surface area contributed by atoms with Crippen LogP contribution in [0.1, 0.15) is 27.4 Å². The molecule has 0 spiro atoms. The highest BCUT2D eigenvalue weighted by atomic mass is 16.4. The van der Waals surface area contributed by atoms with Crippen molar-refractivity contribution in [2.75, 3.05) is 0 Å². The summed E-state index contributed by atoms with van der Waals surface area (Å²) in [6.45, 7) is 2.17. The molecule has 0 aliphatic carbocycles. The summed E-state index contributed by atoms with van der Waals surface area (Å²) >= 11 is 0. The van der Waals surface area contributed by atoms with Crippen LogP contribution < -0.4 is 5.32 Å². The molecule has 0 fully saturated rings. The van der Waals surface area contributed by atoms with Gasteiger partial charge in [-0.3, -0.25) is 4.79 Å². The lowest BCUT2D eigenvalue weighted by atomic mass is 10.1. The molecule has 1 aromatic carbocycles. The maximum atomic E-state index is 11.6. The molecule has 0 saturated carbocycles.